The van der Waals surface area contributed by atoms with E-state index in [4.69, 9.17) is 0 Å². The number of anilines is 2. The van der Waals surface area contributed by atoms with Crippen LogP contribution in [-0.4, -0.2) is 40.4 Å². The highest BCUT2D eigenvalue weighted by molar-refractivity contribution is 5.80. The molecule has 0 radical (unpaired) electrons. The number of aromatic nitrogens is 4. The van der Waals surface area contributed by atoms with Crippen LogP contribution in [0.2, 0.25) is 0 Å². The predicted octanol–water partition coefficient (Wildman–Crippen LogP) is 1.36. The van der Waals surface area contributed by atoms with Crippen molar-refractivity contribution in [2.45, 2.75) is 6.54 Å². The fraction of sp³-hybridized carbons (Fsp3) is 0.250. The second-order valence-corrected chi connectivity index (χ2v) is 5.31. The van der Waals surface area contributed by atoms with Gasteiger partial charge in [-0.2, -0.15) is 5.10 Å². The molecule has 0 fully saturated rings. The molecule has 0 aliphatic carbocycles. The van der Waals surface area contributed by atoms with Crippen molar-refractivity contribution in [2.75, 3.05) is 30.9 Å². The van der Waals surface area contributed by atoms with Crippen LogP contribution < -0.4 is 15.8 Å². The van der Waals surface area contributed by atoms with Gasteiger partial charge in [0.05, 0.1) is 18.1 Å². The van der Waals surface area contributed by atoms with Gasteiger partial charge in [-0.15, -0.1) is 0 Å². The Bertz CT molecular complexity index is 874. The third-order valence-electron chi connectivity index (χ3n) is 3.48. The summed E-state index contributed by atoms with van der Waals surface area (Å²) in [5.74, 6) is 1.44. The minimum atomic E-state index is -0.0862. The summed E-state index contributed by atoms with van der Waals surface area (Å²) in [5, 5.41) is 8.95. The minimum absolute atomic E-state index is 0.0862. The molecule has 1 aromatic carbocycles. The number of fused-ring (bicyclic) bond motifs is 1. The quantitative estimate of drug-likeness (QED) is 0.767. The summed E-state index contributed by atoms with van der Waals surface area (Å²) in [6.45, 7) is 0.984. The molecule has 0 saturated carbocycles. The van der Waals surface area contributed by atoms with E-state index < -0.39 is 0 Å². The summed E-state index contributed by atoms with van der Waals surface area (Å²) in [6, 6.07) is 7.45. The monoisotopic (exact) mass is 310 g/mol. The van der Waals surface area contributed by atoms with Crippen molar-refractivity contribution in [1.82, 2.24) is 19.7 Å². The molecule has 0 aliphatic heterocycles. The molecule has 0 unspecified atom stereocenters. The number of nitrogens with zero attached hydrogens (tertiary/aromatic N) is 5. The fourth-order valence-electron chi connectivity index (χ4n) is 2.35. The van der Waals surface area contributed by atoms with Crippen LogP contribution in [-0.2, 0) is 6.54 Å². The number of benzene rings is 1. The average Bonchev–Trinajstić information content (AvgIpc) is 2.57. The zero-order valence-electron chi connectivity index (χ0n) is 13.1. The molecule has 7 heteroatoms. The van der Waals surface area contributed by atoms with Gasteiger partial charge in [-0.25, -0.2) is 14.6 Å². The van der Waals surface area contributed by atoms with Crippen molar-refractivity contribution >= 4 is 22.4 Å². The number of hydrogen-bond acceptors (Lipinski definition) is 6. The first kappa shape index (κ1) is 15.0. The molecule has 7 nitrogen and oxygen atoms in total. The van der Waals surface area contributed by atoms with Crippen molar-refractivity contribution in [3.8, 4) is 0 Å². The highest BCUT2D eigenvalue weighted by Crippen LogP contribution is 2.16. The smallest absolute Gasteiger partial charge is 0.274 e. The Labute approximate surface area is 133 Å². The van der Waals surface area contributed by atoms with Crippen LogP contribution in [0.5, 0.6) is 0 Å². The molecule has 2 heterocycles. The number of hydrogen-bond donors (Lipinski definition) is 1. The molecule has 118 valence electrons. The SMILES string of the molecule is CN(C)c1nccnc1NCCn1ncc2ccccc2c1=O. The molecule has 3 aromatic rings. The summed E-state index contributed by atoms with van der Waals surface area (Å²) in [6.07, 6.45) is 5.00. The van der Waals surface area contributed by atoms with Gasteiger partial charge in [-0.3, -0.25) is 4.79 Å². The summed E-state index contributed by atoms with van der Waals surface area (Å²) < 4.78 is 1.46. The molecule has 1 N–H and O–H groups in total. The largest absolute Gasteiger partial charge is 0.365 e. The Morgan fingerprint density at radius 2 is 1.96 bits per heavy atom. The van der Waals surface area contributed by atoms with Gasteiger partial charge in [-0.1, -0.05) is 18.2 Å². The molecule has 0 saturated heterocycles. The van der Waals surface area contributed by atoms with Crippen LogP contribution in [0.1, 0.15) is 0 Å². The molecule has 2 aromatic heterocycles. The standard InChI is InChI=1S/C16H18N6O/c1-21(2)15-14(17-7-8-19-15)18-9-10-22-16(23)13-6-4-3-5-12(13)11-20-22/h3-8,11H,9-10H2,1-2H3,(H,17,18). The van der Waals surface area contributed by atoms with Gasteiger partial charge >= 0.3 is 0 Å². The van der Waals surface area contributed by atoms with Crippen LogP contribution in [0.3, 0.4) is 0 Å². The maximum Gasteiger partial charge on any atom is 0.274 e. The van der Waals surface area contributed by atoms with Crippen LogP contribution in [0, 0.1) is 0 Å². The average molecular weight is 310 g/mol. The lowest BCUT2D eigenvalue weighted by atomic mass is 10.2. The molecule has 0 bridgehead atoms. The third-order valence-corrected chi connectivity index (χ3v) is 3.48. The highest BCUT2D eigenvalue weighted by atomic mass is 16.1. The Morgan fingerprint density at radius 1 is 1.17 bits per heavy atom. The van der Waals surface area contributed by atoms with Gasteiger partial charge in [0.15, 0.2) is 11.6 Å². The van der Waals surface area contributed by atoms with Gasteiger partial charge in [0.1, 0.15) is 0 Å². The molecule has 0 aliphatic rings. The lowest BCUT2D eigenvalue weighted by Crippen LogP contribution is -2.26. The maximum atomic E-state index is 12.4. The van der Waals surface area contributed by atoms with Crippen molar-refractivity contribution in [1.29, 1.82) is 0 Å². The second-order valence-electron chi connectivity index (χ2n) is 5.31. The Balaban J connectivity index is 1.75. The van der Waals surface area contributed by atoms with Gasteiger partial charge < -0.3 is 10.2 Å². The van der Waals surface area contributed by atoms with E-state index in [0.717, 1.165) is 11.2 Å². The van der Waals surface area contributed by atoms with Gasteiger partial charge in [0.2, 0.25) is 0 Å². The van der Waals surface area contributed by atoms with E-state index in [9.17, 15) is 4.79 Å². The van der Waals surface area contributed by atoms with Crippen molar-refractivity contribution in [2.24, 2.45) is 0 Å². The number of rotatable bonds is 5. The molecular weight excluding hydrogens is 292 g/mol. The first-order valence-electron chi connectivity index (χ1n) is 7.34. The van der Waals surface area contributed by atoms with Gasteiger partial charge in [0, 0.05) is 38.4 Å². The summed E-state index contributed by atoms with van der Waals surface area (Å²) in [4.78, 5) is 22.8. The summed E-state index contributed by atoms with van der Waals surface area (Å²) >= 11 is 0. The fourth-order valence-corrected chi connectivity index (χ4v) is 2.35. The van der Waals surface area contributed by atoms with Crippen molar-refractivity contribution in [3.63, 3.8) is 0 Å². The van der Waals surface area contributed by atoms with E-state index in [-0.39, 0.29) is 5.56 Å². The lowest BCUT2D eigenvalue weighted by Gasteiger charge is -2.15. The lowest BCUT2D eigenvalue weighted by molar-refractivity contribution is 0.604. The van der Waals surface area contributed by atoms with Gasteiger partial charge in [0.25, 0.3) is 5.56 Å². The number of nitrogens with one attached hydrogen (secondary N) is 1. The summed E-state index contributed by atoms with van der Waals surface area (Å²) in [7, 11) is 3.81. The zero-order chi connectivity index (χ0) is 16.2. The van der Waals surface area contributed by atoms with E-state index in [1.54, 1.807) is 18.6 Å². The first-order chi connectivity index (χ1) is 11.2. The molecule has 0 amide bonds. The van der Waals surface area contributed by atoms with Crippen LogP contribution in [0.4, 0.5) is 11.6 Å². The van der Waals surface area contributed by atoms with Crippen LogP contribution >= 0.6 is 0 Å². The van der Waals surface area contributed by atoms with Crippen LogP contribution in [0.15, 0.2) is 47.7 Å². The van der Waals surface area contributed by atoms with Crippen molar-refractivity contribution < 1.29 is 0 Å². The maximum absolute atomic E-state index is 12.4. The van der Waals surface area contributed by atoms with E-state index >= 15 is 0 Å². The topological polar surface area (TPSA) is 75.9 Å². The minimum Gasteiger partial charge on any atom is -0.365 e. The molecule has 3 rings (SSSR count). The Hall–Kier alpha value is -2.96. The summed E-state index contributed by atoms with van der Waals surface area (Å²) in [5.41, 5.74) is -0.0862. The Morgan fingerprint density at radius 3 is 2.78 bits per heavy atom. The predicted molar refractivity (Wildman–Crippen MR) is 90.9 cm³/mol. The van der Waals surface area contributed by atoms with Crippen molar-refractivity contribution in [3.05, 3.63) is 53.2 Å². The zero-order valence-corrected chi connectivity index (χ0v) is 13.1. The highest BCUT2D eigenvalue weighted by Gasteiger charge is 2.07. The van der Waals surface area contributed by atoms with E-state index in [0.29, 0.717) is 24.3 Å². The molecule has 23 heavy (non-hydrogen) atoms. The third kappa shape index (κ3) is 3.13. The second kappa shape index (κ2) is 6.43. The van der Waals surface area contributed by atoms with E-state index in [2.05, 4.69) is 20.4 Å². The molecular formula is C16H18N6O. The first-order valence-corrected chi connectivity index (χ1v) is 7.34. The van der Waals surface area contributed by atoms with Gasteiger partial charge in [-0.05, 0) is 6.07 Å². The normalized spacial score (nSPS) is 10.7. The molecule has 0 atom stereocenters. The van der Waals surface area contributed by atoms with E-state index in [1.807, 2.05) is 43.3 Å². The van der Waals surface area contributed by atoms with Crippen LogP contribution in [0.25, 0.3) is 10.8 Å². The van der Waals surface area contributed by atoms with E-state index in [1.165, 1.54) is 4.68 Å². The Kier molecular flexibility index (Phi) is 4.18. The molecule has 0 spiro atoms.